The van der Waals surface area contributed by atoms with E-state index in [1.54, 1.807) is 18.3 Å². The van der Waals surface area contributed by atoms with Crippen LogP contribution >= 0.6 is 0 Å². The molecule has 0 bridgehead atoms. The fraction of sp³-hybridized carbons (Fsp3) is 0.308. The maximum atomic E-state index is 12.2. The van der Waals surface area contributed by atoms with Gasteiger partial charge in [-0.3, -0.25) is 9.69 Å². The van der Waals surface area contributed by atoms with E-state index in [4.69, 9.17) is 9.47 Å². The minimum atomic E-state index is -0.337. The second kappa shape index (κ2) is 9.60. The maximum Gasteiger partial charge on any atom is 0.238 e. The predicted molar refractivity (Wildman–Crippen MR) is 125 cm³/mol. The smallest absolute Gasteiger partial charge is 0.238 e. The first kappa shape index (κ1) is 21.4. The van der Waals surface area contributed by atoms with E-state index in [2.05, 4.69) is 22.4 Å². The number of hydrogen-bond acceptors (Lipinski definition) is 6. The zero-order valence-corrected chi connectivity index (χ0v) is 18.3. The average molecular weight is 446 g/mol. The van der Waals surface area contributed by atoms with Crippen molar-refractivity contribution >= 4 is 11.6 Å². The van der Waals surface area contributed by atoms with Crippen molar-refractivity contribution in [2.24, 2.45) is 0 Å². The van der Waals surface area contributed by atoms with Crippen LogP contribution in [0.1, 0.15) is 30.1 Å². The second-order valence-corrected chi connectivity index (χ2v) is 8.54. The van der Waals surface area contributed by atoms with E-state index in [1.807, 2.05) is 41.3 Å². The molecule has 0 aliphatic carbocycles. The summed E-state index contributed by atoms with van der Waals surface area (Å²) in [4.78, 5) is 18.4. The Hall–Kier alpha value is -3.42. The molecule has 7 heteroatoms. The van der Waals surface area contributed by atoms with Crippen molar-refractivity contribution in [2.75, 3.05) is 25.0 Å². The van der Waals surface area contributed by atoms with Gasteiger partial charge in [-0.25, -0.2) is 4.98 Å². The number of likely N-dealkylation sites (tertiary alicyclic amines) is 1. The minimum Gasteiger partial charge on any atom is -0.485 e. The summed E-state index contributed by atoms with van der Waals surface area (Å²) in [6.45, 7) is 1.53. The number of benzene rings is 2. The van der Waals surface area contributed by atoms with E-state index in [-0.39, 0.29) is 24.7 Å². The van der Waals surface area contributed by atoms with Gasteiger partial charge in [-0.15, -0.1) is 0 Å². The molecule has 0 saturated carbocycles. The van der Waals surface area contributed by atoms with Crippen molar-refractivity contribution in [3.8, 4) is 17.4 Å². The lowest BCUT2D eigenvalue weighted by Crippen LogP contribution is -2.32. The second-order valence-electron chi connectivity index (χ2n) is 8.54. The molecule has 3 aromatic rings. The van der Waals surface area contributed by atoms with E-state index < -0.39 is 0 Å². The summed E-state index contributed by atoms with van der Waals surface area (Å²) in [6.07, 6.45) is 3.87. The first-order valence-corrected chi connectivity index (χ1v) is 11.3. The third-order valence-electron chi connectivity index (χ3n) is 6.01. The molecular formula is C26H27N3O4. The van der Waals surface area contributed by atoms with Crippen molar-refractivity contribution in [2.45, 2.75) is 31.5 Å². The molecule has 7 nitrogen and oxygen atoms in total. The summed E-state index contributed by atoms with van der Waals surface area (Å²) >= 11 is 0. The number of carbonyl (C=O) groups is 1. The summed E-state index contributed by atoms with van der Waals surface area (Å²) in [5.41, 5.74) is 2.92. The third-order valence-corrected chi connectivity index (χ3v) is 6.01. The summed E-state index contributed by atoms with van der Waals surface area (Å²) in [5.74, 6) is 1.92. The van der Waals surface area contributed by atoms with Crippen LogP contribution in [0, 0.1) is 0 Å². The van der Waals surface area contributed by atoms with Gasteiger partial charge in [0, 0.05) is 19.2 Å². The standard InChI is InChI=1S/C26H27N3O4/c30-21-12-13-29(16-21)17-25(31)28-20-7-11-26(27-15-20)32-22-8-10-24-19(14-22)6-9-23(33-24)18-4-2-1-3-5-18/h1-5,7-8,10-11,14-15,21,23,30H,6,9,12-13,16-17H2,(H,28,31). The molecule has 5 rings (SSSR count). The molecule has 0 spiro atoms. The van der Waals surface area contributed by atoms with Crippen molar-refractivity contribution in [3.05, 3.63) is 78.0 Å². The zero-order valence-electron chi connectivity index (χ0n) is 18.3. The predicted octanol–water partition coefficient (Wildman–Crippen LogP) is 3.95. The lowest BCUT2D eigenvalue weighted by atomic mass is 9.97. The number of anilines is 1. The number of aliphatic hydroxyl groups is 1. The van der Waals surface area contributed by atoms with Crippen LogP contribution < -0.4 is 14.8 Å². The van der Waals surface area contributed by atoms with Gasteiger partial charge in [0.15, 0.2) is 0 Å². The topological polar surface area (TPSA) is 83.9 Å². The van der Waals surface area contributed by atoms with Crippen LogP contribution in [0.4, 0.5) is 5.69 Å². The van der Waals surface area contributed by atoms with Gasteiger partial charge in [0.2, 0.25) is 11.8 Å². The highest BCUT2D eigenvalue weighted by Gasteiger charge is 2.23. The van der Waals surface area contributed by atoms with Crippen LogP contribution in [-0.4, -0.2) is 46.6 Å². The number of aliphatic hydroxyl groups excluding tert-OH is 1. The molecule has 170 valence electrons. The quantitative estimate of drug-likeness (QED) is 0.598. The van der Waals surface area contributed by atoms with E-state index in [0.29, 0.717) is 30.3 Å². The number of hydrogen-bond donors (Lipinski definition) is 2. The number of nitrogens with zero attached hydrogens (tertiary/aromatic N) is 2. The van der Waals surface area contributed by atoms with Gasteiger partial charge in [0.1, 0.15) is 17.6 Å². The van der Waals surface area contributed by atoms with Crippen molar-refractivity contribution in [1.82, 2.24) is 9.88 Å². The number of amides is 1. The Bertz CT molecular complexity index is 1100. The monoisotopic (exact) mass is 445 g/mol. The summed E-state index contributed by atoms with van der Waals surface area (Å²) < 4.78 is 12.1. The Labute approximate surface area is 193 Å². The normalized spacial score (nSPS) is 20.0. The molecule has 1 fully saturated rings. The maximum absolute atomic E-state index is 12.2. The molecule has 1 amide bonds. The van der Waals surface area contributed by atoms with Gasteiger partial charge < -0.3 is 19.9 Å². The van der Waals surface area contributed by atoms with Crippen LogP contribution in [0.25, 0.3) is 0 Å². The molecule has 1 aromatic heterocycles. The highest BCUT2D eigenvalue weighted by Crippen LogP contribution is 2.37. The lowest BCUT2D eigenvalue weighted by molar-refractivity contribution is -0.117. The molecule has 2 unspecified atom stereocenters. The summed E-state index contributed by atoms with van der Waals surface area (Å²) in [5, 5.41) is 12.4. The molecular weight excluding hydrogens is 418 g/mol. The Balaban J connectivity index is 1.17. The minimum absolute atomic E-state index is 0.0745. The van der Waals surface area contributed by atoms with Gasteiger partial charge in [0.25, 0.3) is 0 Å². The van der Waals surface area contributed by atoms with Gasteiger partial charge in [-0.1, -0.05) is 30.3 Å². The van der Waals surface area contributed by atoms with Crippen LogP contribution in [0.5, 0.6) is 17.4 Å². The number of pyridine rings is 1. The van der Waals surface area contributed by atoms with Gasteiger partial charge >= 0.3 is 0 Å². The number of ether oxygens (including phenoxy) is 2. The van der Waals surface area contributed by atoms with Crippen molar-refractivity contribution in [1.29, 1.82) is 0 Å². The summed E-state index contributed by atoms with van der Waals surface area (Å²) in [6, 6.07) is 19.6. The van der Waals surface area contributed by atoms with Crippen LogP contribution in [0.3, 0.4) is 0 Å². The average Bonchev–Trinajstić information content (AvgIpc) is 3.24. The van der Waals surface area contributed by atoms with Gasteiger partial charge in [-0.2, -0.15) is 0 Å². The number of fused-ring (bicyclic) bond motifs is 1. The molecule has 2 N–H and O–H groups in total. The molecule has 2 aromatic carbocycles. The van der Waals surface area contributed by atoms with Crippen LogP contribution in [0.15, 0.2) is 66.9 Å². The fourth-order valence-corrected chi connectivity index (χ4v) is 4.33. The first-order valence-electron chi connectivity index (χ1n) is 11.3. The molecule has 1 saturated heterocycles. The van der Waals surface area contributed by atoms with E-state index >= 15 is 0 Å². The summed E-state index contributed by atoms with van der Waals surface area (Å²) in [7, 11) is 0. The van der Waals surface area contributed by atoms with Gasteiger partial charge in [-0.05, 0) is 54.7 Å². The van der Waals surface area contributed by atoms with Gasteiger partial charge in [0.05, 0.1) is 24.5 Å². The molecule has 2 atom stereocenters. The Morgan fingerprint density at radius 3 is 2.79 bits per heavy atom. The molecule has 2 aliphatic rings. The number of aromatic nitrogens is 1. The molecule has 33 heavy (non-hydrogen) atoms. The zero-order chi connectivity index (χ0) is 22.6. The lowest BCUT2D eigenvalue weighted by Gasteiger charge is -2.26. The highest BCUT2D eigenvalue weighted by atomic mass is 16.5. The Kier molecular flexibility index (Phi) is 6.24. The van der Waals surface area contributed by atoms with Crippen LogP contribution in [-0.2, 0) is 11.2 Å². The van der Waals surface area contributed by atoms with E-state index in [9.17, 15) is 9.90 Å². The van der Waals surface area contributed by atoms with E-state index in [1.165, 1.54) is 5.56 Å². The fourth-order valence-electron chi connectivity index (χ4n) is 4.33. The molecule has 2 aliphatic heterocycles. The number of aryl methyl sites for hydroxylation is 1. The largest absolute Gasteiger partial charge is 0.485 e. The van der Waals surface area contributed by atoms with Crippen molar-refractivity contribution < 1.29 is 19.4 Å². The number of nitrogens with one attached hydrogen (secondary N) is 1. The number of carbonyl (C=O) groups excluding carboxylic acids is 1. The number of rotatable bonds is 6. The van der Waals surface area contributed by atoms with Crippen LogP contribution in [0.2, 0.25) is 0 Å². The molecule has 3 heterocycles. The Morgan fingerprint density at radius 2 is 2.03 bits per heavy atom. The SMILES string of the molecule is O=C(CN1CCC(O)C1)Nc1ccc(Oc2ccc3c(c2)CCC(c2ccccc2)O3)nc1. The highest BCUT2D eigenvalue weighted by molar-refractivity contribution is 5.92. The third kappa shape index (κ3) is 5.32. The van der Waals surface area contributed by atoms with Crippen molar-refractivity contribution in [3.63, 3.8) is 0 Å². The Morgan fingerprint density at radius 1 is 1.15 bits per heavy atom. The van der Waals surface area contributed by atoms with E-state index in [0.717, 1.165) is 30.7 Å². The molecule has 0 radical (unpaired) electrons. The first-order chi connectivity index (χ1) is 16.1. The number of β-amino-alcohol motifs (C(OH)–C–C–N with tert-alkyl or cyclic N) is 1.